The first-order chi connectivity index (χ1) is 14.6. The summed E-state index contributed by atoms with van der Waals surface area (Å²) in [5.41, 5.74) is 1.27. The summed E-state index contributed by atoms with van der Waals surface area (Å²) in [6.45, 7) is 4.15. The van der Waals surface area contributed by atoms with Gasteiger partial charge in [-0.05, 0) is 50.6 Å². The number of nitrogens with one attached hydrogen (secondary N) is 1. The van der Waals surface area contributed by atoms with Gasteiger partial charge in [-0.15, -0.1) is 0 Å². The fourth-order valence-corrected chi connectivity index (χ4v) is 3.43. The first-order valence-corrected chi connectivity index (χ1v) is 10.7. The Labute approximate surface area is 178 Å². The summed E-state index contributed by atoms with van der Waals surface area (Å²) in [4.78, 5) is 28.9. The van der Waals surface area contributed by atoms with Crippen LogP contribution in [0.4, 0.5) is 5.69 Å². The third kappa shape index (κ3) is 6.59. The molecule has 1 fully saturated rings. The fourth-order valence-electron chi connectivity index (χ4n) is 3.43. The number of carbonyl (C=O) groups excluding carboxylic acids is 2. The number of hydrogen-bond acceptors (Lipinski definition) is 4. The Morgan fingerprint density at radius 2 is 1.60 bits per heavy atom. The fraction of sp³-hybridized carbons (Fsp3) is 0.417. The van der Waals surface area contributed by atoms with Gasteiger partial charge < -0.3 is 19.9 Å². The Hall–Kier alpha value is -2.86. The van der Waals surface area contributed by atoms with Crippen LogP contribution in [0.25, 0.3) is 0 Å². The minimum Gasteiger partial charge on any atom is -0.491 e. The van der Waals surface area contributed by atoms with Crippen LogP contribution in [0.15, 0.2) is 54.6 Å². The minimum atomic E-state index is -0.158. The lowest BCUT2D eigenvalue weighted by Crippen LogP contribution is -2.47. The van der Waals surface area contributed by atoms with E-state index < -0.39 is 0 Å². The van der Waals surface area contributed by atoms with E-state index in [4.69, 9.17) is 4.74 Å². The van der Waals surface area contributed by atoms with Crippen molar-refractivity contribution in [3.8, 4) is 5.75 Å². The van der Waals surface area contributed by atoms with Crippen LogP contribution in [-0.2, 0) is 4.79 Å². The average molecular weight is 410 g/mol. The molecule has 1 aliphatic rings. The number of ether oxygens (including phenoxy) is 1. The summed E-state index contributed by atoms with van der Waals surface area (Å²) in [5, 5.41) is 2.92. The van der Waals surface area contributed by atoms with Gasteiger partial charge in [0.05, 0.1) is 12.3 Å². The van der Waals surface area contributed by atoms with Gasteiger partial charge in [-0.25, -0.2) is 0 Å². The van der Waals surface area contributed by atoms with E-state index in [0.717, 1.165) is 45.4 Å². The van der Waals surface area contributed by atoms with Crippen LogP contribution >= 0.6 is 0 Å². The molecule has 0 saturated carbocycles. The molecule has 0 spiro atoms. The molecule has 0 aromatic heterocycles. The summed E-state index contributed by atoms with van der Waals surface area (Å²) in [6, 6.07) is 16.6. The molecule has 160 valence electrons. The number of unbranched alkanes of at least 4 members (excludes halogenated alkanes) is 2. The van der Waals surface area contributed by atoms with Crippen LogP contribution in [-0.4, -0.2) is 61.4 Å². The molecule has 1 saturated heterocycles. The highest BCUT2D eigenvalue weighted by Gasteiger charge is 2.18. The molecule has 1 aliphatic heterocycles. The first kappa shape index (κ1) is 21.8. The summed E-state index contributed by atoms with van der Waals surface area (Å²) < 4.78 is 5.89. The molecule has 0 atom stereocenters. The Balaban J connectivity index is 1.37. The molecule has 0 radical (unpaired) electrons. The second-order valence-corrected chi connectivity index (χ2v) is 7.66. The molecule has 6 nitrogen and oxygen atoms in total. The number of benzene rings is 2. The quantitative estimate of drug-likeness (QED) is 0.642. The largest absolute Gasteiger partial charge is 0.491 e. The zero-order valence-electron chi connectivity index (χ0n) is 17.7. The van der Waals surface area contributed by atoms with Crippen molar-refractivity contribution in [2.24, 2.45) is 0 Å². The molecule has 0 bridgehead atoms. The molecule has 0 aliphatic carbocycles. The molecule has 6 heteroatoms. The second kappa shape index (κ2) is 11.4. The van der Waals surface area contributed by atoms with Crippen molar-refractivity contribution in [2.45, 2.75) is 25.7 Å². The first-order valence-electron chi connectivity index (χ1n) is 10.7. The van der Waals surface area contributed by atoms with Crippen LogP contribution in [0.1, 0.15) is 36.0 Å². The van der Waals surface area contributed by atoms with Crippen molar-refractivity contribution in [3.63, 3.8) is 0 Å². The molecule has 30 heavy (non-hydrogen) atoms. The van der Waals surface area contributed by atoms with Gasteiger partial charge in [-0.1, -0.05) is 30.3 Å². The van der Waals surface area contributed by atoms with Gasteiger partial charge in [0.1, 0.15) is 5.75 Å². The van der Waals surface area contributed by atoms with Crippen LogP contribution in [0.2, 0.25) is 0 Å². The lowest BCUT2D eigenvalue weighted by atomic mass is 10.1. The summed E-state index contributed by atoms with van der Waals surface area (Å²) in [6.07, 6.45) is 3.30. The lowest BCUT2D eigenvalue weighted by Gasteiger charge is -2.32. The lowest BCUT2D eigenvalue weighted by molar-refractivity contribution is -0.132. The monoisotopic (exact) mass is 409 g/mol. The van der Waals surface area contributed by atoms with Gasteiger partial charge in [0.2, 0.25) is 5.91 Å². The number of carbonyl (C=O) groups is 2. The molecular weight excluding hydrogens is 378 g/mol. The van der Waals surface area contributed by atoms with E-state index in [1.165, 1.54) is 0 Å². The Morgan fingerprint density at radius 3 is 2.37 bits per heavy atom. The normalized spacial score (nSPS) is 14.4. The molecule has 1 N–H and O–H groups in total. The van der Waals surface area contributed by atoms with Crippen molar-refractivity contribution >= 4 is 17.5 Å². The van der Waals surface area contributed by atoms with Gasteiger partial charge in [-0.2, -0.15) is 0 Å². The van der Waals surface area contributed by atoms with Gasteiger partial charge in [0.15, 0.2) is 0 Å². The second-order valence-electron chi connectivity index (χ2n) is 7.66. The Kier molecular flexibility index (Phi) is 8.27. The van der Waals surface area contributed by atoms with E-state index in [2.05, 4.69) is 17.3 Å². The van der Waals surface area contributed by atoms with Crippen molar-refractivity contribution in [1.29, 1.82) is 0 Å². The van der Waals surface area contributed by atoms with Crippen LogP contribution in [0.5, 0.6) is 5.75 Å². The number of nitrogens with zero attached hydrogens (tertiary/aromatic N) is 2. The maximum atomic E-state index is 12.4. The number of hydrogen-bond donors (Lipinski definition) is 1. The van der Waals surface area contributed by atoms with Gasteiger partial charge in [0.25, 0.3) is 5.91 Å². The SMILES string of the molecule is CN1CCN(C(=O)CCCCCOc2ccccc2NC(=O)c2ccccc2)CC1. The summed E-state index contributed by atoms with van der Waals surface area (Å²) in [7, 11) is 2.09. The maximum Gasteiger partial charge on any atom is 0.255 e. The molecule has 1 heterocycles. The van der Waals surface area contributed by atoms with E-state index in [0.29, 0.717) is 30.0 Å². The van der Waals surface area contributed by atoms with E-state index in [9.17, 15) is 9.59 Å². The molecule has 2 aromatic rings. The van der Waals surface area contributed by atoms with Crippen LogP contribution in [0.3, 0.4) is 0 Å². The standard InChI is InChI=1S/C24H31N3O3/c1-26-15-17-27(18-16-26)23(28)14-6-3-9-19-30-22-13-8-7-12-21(22)25-24(29)20-10-4-2-5-11-20/h2,4-5,7-8,10-13H,3,6,9,14-19H2,1H3,(H,25,29). The molecular formula is C24H31N3O3. The van der Waals surface area contributed by atoms with Crippen molar-refractivity contribution in [1.82, 2.24) is 9.80 Å². The van der Waals surface area contributed by atoms with Gasteiger partial charge in [0, 0.05) is 38.2 Å². The third-order valence-electron chi connectivity index (χ3n) is 5.32. The van der Waals surface area contributed by atoms with Crippen LogP contribution < -0.4 is 10.1 Å². The molecule has 2 aromatic carbocycles. The Morgan fingerprint density at radius 1 is 0.900 bits per heavy atom. The summed E-state index contributed by atoms with van der Waals surface area (Å²) in [5.74, 6) is 0.766. The van der Waals surface area contributed by atoms with Crippen molar-refractivity contribution in [3.05, 3.63) is 60.2 Å². The maximum absolute atomic E-state index is 12.4. The zero-order valence-corrected chi connectivity index (χ0v) is 17.7. The highest BCUT2D eigenvalue weighted by molar-refractivity contribution is 6.04. The highest BCUT2D eigenvalue weighted by atomic mass is 16.5. The van der Waals surface area contributed by atoms with Gasteiger partial charge in [-0.3, -0.25) is 9.59 Å². The Bertz CT molecular complexity index is 817. The van der Waals surface area contributed by atoms with Crippen LogP contribution in [0, 0.1) is 0 Å². The highest BCUT2D eigenvalue weighted by Crippen LogP contribution is 2.24. The number of anilines is 1. The number of likely N-dealkylation sites (N-methyl/N-ethyl adjacent to an activating group) is 1. The topological polar surface area (TPSA) is 61.9 Å². The summed E-state index contributed by atoms with van der Waals surface area (Å²) >= 11 is 0. The minimum absolute atomic E-state index is 0.158. The molecule has 0 unspecified atom stereocenters. The predicted molar refractivity (Wildman–Crippen MR) is 119 cm³/mol. The molecule has 3 rings (SSSR count). The van der Waals surface area contributed by atoms with Gasteiger partial charge >= 0.3 is 0 Å². The zero-order chi connectivity index (χ0) is 21.2. The van der Waals surface area contributed by atoms with Crippen molar-refractivity contribution < 1.29 is 14.3 Å². The van der Waals surface area contributed by atoms with E-state index in [-0.39, 0.29) is 11.8 Å². The van der Waals surface area contributed by atoms with E-state index >= 15 is 0 Å². The smallest absolute Gasteiger partial charge is 0.255 e. The van der Waals surface area contributed by atoms with Crippen molar-refractivity contribution in [2.75, 3.05) is 45.2 Å². The molecule has 2 amide bonds. The predicted octanol–water partition coefficient (Wildman–Crippen LogP) is 3.65. The number of piperazine rings is 1. The number of rotatable bonds is 9. The average Bonchev–Trinajstić information content (AvgIpc) is 2.78. The van der Waals surface area contributed by atoms with E-state index in [1.807, 2.05) is 47.4 Å². The third-order valence-corrected chi connectivity index (χ3v) is 5.32. The number of amides is 2. The van der Waals surface area contributed by atoms with E-state index in [1.54, 1.807) is 12.1 Å². The number of para-hydroxylation sites is 2.